The van der Waals surface area contributed by atoms with Gasteiger partial charge in [-0.1, -0.05) is 0 Å². The van der Waals surface area contributed by atoms with E-state index in [1.54, 1.807) is 9.07 Å². The van der Waals surface area contributed by atoms with E-state index in [9.17, 15) is 0 Å². The van der Waals surface area contributed by atoms with Gasteiger partial charge >= 0.3 is 111 Å². The summed E-state index contributed by atoms with van der Waals surface area (Å²) in [7, 11) is -1.16. The van der Waals surface area contributed by atoms with E-state index in [0.29, 0.717) is 0 Å². The summed E-state index contributed by atoms with van der Waals surface area (Å²) in [5.41, 5.74) is 2.88. The summed E-state index contributed by atoms with van der Waals surface area (Å²) in [5, 5.41) is 1.64. The molecule has 0 spiro atoms. The molecule has 97 valence electrons. The predicted molar refractivity (Wildman–Crippen MR) is 83.9 cm³/mol. The molecule has 0 N–H and O–H groups in total. The van der Waals surface area contributed by atoms with E-state index in [2.05, 4.69) is 76.5 Å². The maximum absolute atomic E-state index is 2.44. The van der Waals surface area contributed by atoms with Gasteiger partial charge in [0, 0.05) is 0 Å². The zero-order chi connectivity index (χ0) is 11.8. The number of rotatable bonds is 2. The average molecular weight is 334 g/mol. The predicted octanol–water partition coefficient (Wildman–Crippen LogP) is 5.00. The molecule has 0 fully saturated rings. The van der Waals surface area contributed by atoms with Gasteiger partial charge in [-0.2, -0.15) is 0 Å². The Kier molecular flexibility index (Phi) is 7.20. The van der Waals surface area contributed by atoms with Crippen molar-refractivity contribution in [1.29, 1.82) is 0 Å². The first-order chi connectivity index (χ1) is 7.48. The Morgan fingerprint density at radius 1 is 1.00 bits per heavy atom. The second-order valence-electron chi connectivity index (χ2n) is 5.35. The van der Waals surface area contributed by atoms with Crippen molar-refractivity contribution in [3.05, 3.63) is 51.0 Å². The first-order valence-corrected chi connectivity index (χ1v) is 9.98. The zero-order valence-corrected chi connectivity index (χ0v) is 15.2. The molecule has 1 aromatic rings. The maximum atomic E-state index is 2.44. The first-order valence-electron chi connectivity index (χ1n) is 5.70. The quantitative estimate of drug-likeness (QED) is 0.668. The second kappa shape index (κ2) is 7.12. The number of hydrogen-bond acceptors (Lipinski definition) is 0. The molecule has 0 atom stereocenters. The Morgan fingerprint density at radius 2 is 1.56 bits per heavy atom. The molecule has 0 saturated heterocycles. The first kappa shape index (κ1) is 18.2. The SMILES string of the molecule is C[Si](C)(C)C1=[C]([Ti])CC(c2ccccc2)=C1.Cl.Cl. The van der Waals surface area contributed by atoms with E-state index >= 15 is 0 Å². The van der Waals surface area contributed by atoms with Crippen LogP contribution in [0.1, 0.15) is 12.0 Å². The van der Waals surface area contributed by atoms with E-state index in [4.69, 9.17) is 0 Å². The van der Waals surface area contributed by atoms with E-state index in [1.807, 2.05) is 0 Å². The molecule has 0 aliphatic heterocycles. The van der Waals surface area contributed by atoms with Crippen molar-refractivity contribution >= 4 is 38.5 Å². The van der Waals surface area contributed by atoms with Crippen LogP contribution in [0.5, 0.6) is 0 Å². The number of benzene rings is 1. The van der Waals surface area contributed by atoms with Gasteiger partial charge < -0.3 is 0 Å². The van der Waals surface area contributed by atoms with Crippen molar-refractivity contribution in [2.24, 2.45) is 0 Å². The van der Waals surface area contributed by atoms with Gasteiger partial charge in [0.05, 0.1) is 0 Å². The van der Waals surface area contributed by atoms with Crippen LogP contribution in [-0.2, 0) is 20.4 Å². The molecule has 0 heterocycles. The van der Waals surface area contributed by atoms with Crippen LogP contribution < -0.4 is 0 Å². The monoisotopic (exact) mass is 333 g/mol. The Balaban J connectivity index is 0.00000144. The van der Waals surface area contributed by atoms with E-state index in [1.165, 1.54) is 11.1 Å². The summed E-state index contributed by atoms with van der Waals surface area (Å²) < 4.78 is 1.58. The molecule has 2 rings (SSSR count). The maximum Gasteiger partial charge on any atom is -0.147 e. The number of halogens is 2. The fourth-order valence-electron chi connectivity index (χ4n) is 2.10. The van der Waals surface area contributed by atoms with E-state index in [-0.39, 0.29) is 24.8 Å². The normalized spacial score (nSPS) is 14.7. The minimum absolute atomic E-state index is 0. The molecule has 0 nitrogen and oxygen atoms in total. The molecule has 0 amide bonds. The van der Waals surface area contributed by atoms with Crippen LogP contribution in [0.2, 0.25) is 19.6 Å². The van der Waals surface area contributed by atoms with Gasteiger partial charge in [0.1, 0.15) is 0 Å². The summed E-state index contributed by atoms with van der Waals surface area (Å²) in [6, 6.07) is 10.8. The third-order valence-electron chi connectivity index (χ3n) is 2.96. The summed E-state index contributed by atoms with van der Waals surface area (Å²) >= 11 is 2.29. The van der Waals surface area contributed by atoms with E-state index < -0.39 is 8.07 Å². The number of allylic oxidation sites excluding steroid dienone is 4. The molecule has 1 aromatic carbocycles. The van der Waals surface area contributed by atoms with Crippen LogP contribution in [-0.4, -0.2) is 8.07 Å². The summed E-state index contributed by atoms with van der Waals surface area (Å²) in [5.74, 6) is 0. The van der Waals surface area contributed by atoms with Crippen molar-refractivity contribution in [3.8, 4) is 0 Å². The van der Waals surface area contributed by atoms with Crippen molar-refractivity contribution in [2.75, 3.05) is 0 Å². The van der Waals surface area contributed by atoms with Crippen molar-refractivity contribution in [3.63, 3.8) is 0 Å². The summed E-state index contributed by atoms with van der Waals surface area (Å²) in [6.45, 7) is 7.28. The Labute approximate surface area is 135 Å². The minimum atomic E-state index is -1.16. The smallest absolute Gasteiger partial charge is 0.147 e. The van der Waals surface area contributed by atoms with Gasteiger partial charge in [-0.25, -0.2) is 0 Å². The Bertz CT molecular complexity index is 458. The van der Waals surface area contributed by atoms with Gasteiger partial charge in [0.2, 0.25) is 0 Å². The fourth-order valence-corrected chi connectivity index (χ4v) is 5.87. The standard InChI is InChI=1S/C14H17Si.2ClH.Ti/c1-15(2,3)14-10-9-13(11-14)12-7-5-4-6-8-12;;;/h4-8,11H,9H2,1-3H3;2*1H;. The van der Waals surface area contributed by atoms with Crippen LogP contribution in [0, 0.1) is 0 Å². The minimum Gasteiger partial charge on any atom is -0.147 e. The van der Waals surface area contributed by atoms with Crippen LogP contribution in [0.15, 0.2) is 45.5 Å². The zero-order valence-electron chi connectivity index (χ0n) is 11.0. The van der Waals surface area contributed by atoms with Gasteiger partial charge in [-0.05, 0) is 0 Å². The number of hydrogen-bond donors (Lipinski definition) is 0. The van der Waals surface area contributed by atoms with Crippen LogP contribution >= 0.6 is 24.8 Å². The van der Waals surface area contributed by atoms with Gasteiger partial charge in [-0.15, -0.1) is 24.8 Å². The fraction of sp³-hybridized carbons (Fsp3) is 0.286. The molecular weight excluding hydrogens is 315 g/mol. The molecule has 4 heteroatoms. The average Bonchev–Trinajstić information content (AvgIpc) is 2.61. The topological polar surface area (TPSA) is 0 Å². The molecule has 0 saturated carbocycles. The second-order valence-corrected chi connectivity index (χ2v) is 11.3. The molecule has 0 bridgehead atoms. The van der Waals surface area contributed by atoms with Gasteiger partial charge in [0.15, 0.2) is 0 Å². The molecule has 1 aliphatic carbocycles. The van der Waals surface area contributed by atoms with Crippen molar-refractivity contribution < 1.29 is 20.4 Å². The summed E-state index contributed by atoms with van der Waals surface area (Å²) in [4.78, 5) is 0. The van der Waals surface area contributed by atoms with Gasteiger partial charge in [0.25, 0.3) is 0 Å². The molecule has 0 radical (unpaired) electrons. The van der Waals surface area contributed by atoms with Crippen LogP contribution in [0.3, 0.4) is 0 Å². The van der Waals surface area contributed by atoms with E-state index in [0.717, 1.165) is 6.42 Å². The third-order valence-corrected chi connectivity index (χ3v) is 6.11. The Morgan fingerprint density at radius 3 is 2.00 bits per heavy atom. The molecule has 0 aromatic heterocycles. The Hall–Kier alpha value is 0.211. The van der Waals surface area contributed by atoms with Crippen molar-refractivity contribution in [2.45, 2.75) is 26.1 Å². The molecule has 0 unspecified atom stereocenters. The molecular formula is C14H19Cl2SiTi. The van der Waals surface area contributed by atoms with Crippen LogP contribution in [0.25, 0.3) is 5.57 Å². The molecule has 18 heavy (non-hydrogen) atoms. The van der Waals surface area contributed by atoms with Gasteiger partial charge in [-0.3, -0.25) is 0 Å². The van der Waals surface area contributed by atoms with Crippen LogP contribution in [0.4, 0.5) is 0 Å². The van der Waals surface area contributed by atoms with Crippen molar-refractivity contribution in [1.82, 2.24) is 0 Å². The molecule has 1 aliphatic rings. The largest absolute Gasteiger partial charge is 0.147 e. The summed E-state index contributed by atoms with van der Waals surface area (Å²) in [6.07, 6.45) is 3.58. The third kappa shape index (κ3) is 4.11.